The average molecular weight is 116 g/mol. The number of rotatable bonds is 0. The van der Waals surface area contributed by atoms with Crippen molar-refractivity contribution in [1.29, 1.82) is 0 Å². The van der Waals surface area contributed by atoms with Crippen molar-refractivity contribution < 1.29 is 9.84 Å². The maximum Gasteiger partial charge on any atom is 0.0846 e. The van der Waals surface area contributed by atoms with E-state index in [1.165, 1.54) is 0 Å². The normalized spacial score (nSPS) is 47.6. The lowest BCUT2D eigenvalue weighted by Gasteiger charge is -2.08. The molecule has 0 aromatic heterocycles. The molecule has 8 heavy (non-hydrogen) atoms. The Morgan fingerprint density at radius 3 is 2.25 bits per heavy atom. The van der Waals surface area contributed by atoms with Crippen LogP contribution in [0.1, 0.15) is 13.8 Å². The Hall–Kier alpha value is -0.0800. The number of aliphatic hydroxyl groups is 1. The molecule has 0 aliphatic carbocycles. The highest BCUT2D eigenvalue weighted by Gasteiger charge is 2.28. The second-order valence-electron chi connectivity index (χ2n) is 2.51. The van der Waals surface area contributed by atoms with Gasteiger partial charge in [-0.15, -0.1) is 0 Å². The van der Waals surface area contributed by atoms with Gasteiger partial charge < -0.3 is 9.84 Å². The average Bonchev–Trinajstić information content (AvgIpc) is 1.98. The highest BCUT2D eigenvalue weighted by Crippen LogP contribution is 2.18. The third-order valence-corrected chi connectivity index (χ3v) is 1.69. The van der Waals surface area contributed by atoms with E-state index in [4.69, 9.17) is 9.84 Å². The second-order valence-corrected chi connectivity index (χ2v) is 2.51. The first-order valence-electron chi connectivity index (χ1n) is 3.01. The van der Waals surface area contributed by atoms with E-state index in [0.29, 0.717) is 12.5 Å². The van der Waals surface area contributed by atoms with Crippen LogP contribution in [0.3, 0.4) is 0 Å². The largest absolute Gasteiger partial charge is 0.390 e. The SMILES string of the molecule is C[C@H]1CO[C@H](C)[C@H]1O. The molecular weight excluding hydrogens is 104 g/mol. The fraction of sp³-hybridized carbons (Fsp3) is 1.00. The lowest BCUT2D eigenvalue weighted by molar-refractivity contribution is 0.0525. The molecule has 1 fully saturated rings. The van der Waals surface area contributed by atoms with Crippen LogP contribution in [0.2, 0.25) is 0 Å². The van der Waals surface area contributed by atoms with Crippen molar-refractivity contribution in [3.63, 3.8) is 0 Å². The van der Waals surface area contributed by atoms with Crippen molar-refractivity contribution in [2.45, 2.75) is 26.1 Å². The van der Waals surface area contributed by atoms with Crippen LogP contribution in [-0.2, 0) is 4.74 Å². The molecule has 1 saturated heterocycles. The topological polar surface area (TPSA) is 29.5 Å². The van der Waals surface area contributed by atoms with E-state index >= 15 is 0 Å². The van der Waals surface area contributed by atoms with E-state index < -0.39 is 0 Å². The summed E-state index contributed by atoms with van der Waals surface area (Å²) in [5.74, 6) is 0.324. The van der Waals surface area contributed by atoms with Gasteiger partial charge in [0, 0.05) is 5.92 Å². The van der Waals surface area contributed by atoms with Gasteiger partial charge in [0.05, 0.1) is 18.8 Å². The minimum absolute atomic E-state index is 0.0463. The summed E-state index contributed by atoms with van der Waals surface area (Å²) in [4.78, 5) is 0. The van der Waals surface area contributed by atoms with Crippen LogP contribution >= 0.6 is 0 Å². The first-order valence-corrected chi connectivity index (χ1v) is 3.01. The minimum atomic E-state index is -0.241. The molecule has 1 aliphatic rings. The summed E-state index contributed by atoms with van der Waals surface area (Å²) in [5, 5.41) is 9.14. The Labute approximate surface area is 49.5 Å². The Morgan fingerprint density at radius 1 is 1.50 bits per heavy atom. The predicted octanol–water partition coefficient (Wildman–Crippen LogP) is 0.402. The highest BCUT2D eigenvalue weighted by molar-refractivity contribution is 4.76. The van der Waals surface area contributed by atoms with Gasteiger partial charge in [-0.3, -0.25) is 0 Å². The van der Waals surface area contributed by atoms with Gasteiger partial charge in [-0.2, -0.15) is 0 Å². The number of hydrogen-bond donors (Lipinski definition) is 1. The molecule has 0 spiro atoms. The molecule has 0 unspecified atom stereocenters. The molecule has 2 nitrogen and oxygen atoms in total. The molecule has 48 valence electrons. The number of ether oxygens (including phenoxy) is 1. The van der Waals surface area contributed by atoms with Gasteiger partial charge in [-0.05, 0) is 6.92 Å². The smallest absolute Gasteiger partial charge is 0.0846 e. The zero-order chi connectivity index (χ0) is 6.15. The Kier molecular flexibility index (Phi) is 1.54. The zero-order valence-corrected chi connectivity index (χ0v) is 5.29. The molecule has 0 radical (unpaired) electrons. The first-order chi connectivity index (χ1) is 3.72. The highest BCUT2D eigenvalue weighted by atomic mass is 16.5. The van der Waals surface area contributed by atoms with E-state index in [1.807, 2.05) is 13.8 Å². The van der Waals surface area contributed by atoms with Crippen LogP contribution in [0.5, 0.6) is 0 Å². The van der Waals surface area contributed by atoms with Crippen molar-refractivity contribution in [2.24, 2.45) is 5.92 Å². The maximum atomic E-state index is 9.14. The van der Waals surface area contributed by atoms with E-state index in [2.05, 4.69) is 0 Å². The van der Waals surface area contributed by atoms with Crippen LogP contribution in [-0.4, -0.2) is 23.9 Å². The summed E-state index contributed by atoms with van der Waals surface area (Å²) in [6, 6.07) is 0. The summed E-state index contributed by atoms with van der Waals surface area (Å²) in [7, 11) is 0. The van der Waals surface area contributed by atoms with Crippen LogP contribution < -0.4 is 0 Å². The van der Waals surface area contributed by atoms with Gasteiger partial charge in [0.2, 0.25) is 0 Å². The van der Waals surface area contributed by atoms with E-state index in [-0.39, 0.29) is 12.2 Å². The van der Waals surface area contributed by atoms with Gasteiger partial charge in [-0.25, -0.2) is 0 Å². The molecular formula is C6H12O2. The minimum Gasteiger partial charge on any atom is -0.390 e. The zero-order valence-electron chi connectivity index (χ0n) is 5.29. The van der Waals surface area contributed by atoms with Gasteiger partial charge in [-0.1, -0.05) is 6.92 Å². The molecule has 3 atom stereocenters. The summed E-state index contributed by atoms with van der Waals surface area (Å²) in [5.41, 5.74) is 0. The molecule has 0 aromatic rings. The Morgan fingerprint density at radius 2 is 2.12 bits per heavy atom. The van der Waals surface area contributed by atoms with Crippen molar-refractivity contribution in [2.75, 3.05) is 6.61 Å². The van der Waals surface area contributed by atoms with Gasteiger partial charge in [0.1, 0.15) is 0 Å². The monoisotopic (exact) mass is 116 g/mol. The predicted molar refractivity (Wildman–Crippen MR) is 30.6 cm³/mol. The standard InChI is InChI=1S/C6H12O2/c1-4-3-8-5(2)6(4)7/h4-7H,3H2,1-2H3/t4-,5+,6-/m0/s1. The maximum absolute atomic E-state index is 9.14. The fourth-order valence-electron chi connectivity index (χ4n) is 0.963. The van der Waals surface area contributed by atoms with Gasteiger partial charge in [0.15, 0.2) is 0 Å². The van der Waals surface area contributed by atoms with Crippen molar-refractivity contribution in [1.82, 2.24) is 0 Å². The summed E-state index contributed by atoms with van der Waals surface area (Å²) in [6.07, 6.45) is -0.194. The van der Waals surface area contributed by atoms with E-state index in [1.54, 1.807) is 0 Å². The van der Waals surface area contributed by atoms with E-state index in [0.717, 1.165) is 0 Å². The van der Waals surface area contributed by atoms with Crippen LogP contribution in [0, 0.1) is 5.92 Å². The Bertz CT molecular complexity index is 72.6. The fourth-order valence-corrected chi connectivity index (χ4v) is 0.963. The Balaban J connectivity index is 2.44. The first kappa shape index (κ1) is 6.05. The van der Waals surface area contributed by atoms with Gasteiger partial charge in [0.25, 0.3) is 0 Å². The quantitative estimate of drug-likeness (QED) is 0.496. The third kappa shape index (κ3) is 0.858. The molecule has 1 N–H and O–H groups in total. The molecule has 2 heteroatoms. The number of hydrogen-bond acceptors (Lipinski definition) is 2. The molecule has 0 bridgehead atoms. The summed E-state index contributed by atoms with van der Waals surface area (Å²) >= 11 is 0. The summed E-state index contributed by atoms with van der Waals surface area (Å²) in [6.45, 7) is 4.60. The van der Waals surface area contributed by atoms with Gasteiger partial charge >= 0.3 is 0 Å². The molecule has 1 heterocycles. The summed E-state index contributed by atoms with van der Waals surface area (Å²) < 4.78 is 5.13. The van der Waals surface area contributed by atoms with Crippen molar-refractivity contribution in [3.05, 3.63) is 0 Å². The molecule has 0 saturated carbocycles. The second kappa shape index (κ2) is 2.03. The van der Waals surface area contributed by atoms with Crippen molar-refractivity contribution >= 4 is 0 Å². The molecule has 0 amide bonds. The molecule has 0 aromatic carbocycles. The molecule has 1 rings (SSSR count). The third-order valence-electron chi connectivity index (χ3n) is 1.69. The van der Waals surface area contributed by atoms with Crippen LogP contribution in [0.4, 0.5) is 0 Å². The molecule has 1 aliphatic heterocycles. The van der Waals surface area contributed by atoms with E-state index in [9.17, 15) is 0 Å². The lowest BCUT2D eigenvalue weighted by atomic mass is 10.1. The van der Waals surface area contributed by atoms with Crippen LogP contribution in [0.15, 0.2) is 0 Å². The number of aliphatic hydroxyl groups excluding tert-OH is 1. The van der Waals surface area contributed by atoms with Crippen LogP contribution in [0.25, 0.3) is 0 Å². The lowest BCUT2D eigenvalue weighted by Crippen LogP contribution is -2.21. The van der Waals surface area contributed by atoms with Crippen molar-refractivity contribution in [3.8, 4) is 0 Å².